The van der Waals surface area contributed by atoms with E-state index in [1.54, 1.807) is 0 Å². The summed E-state index contributed by atoms with van der Waals surface area (Å²) >= 11 is 0. The second-order valence-corrected chi connectivity index (χ2v) is 1.71. The molecule has 0 unspecified atom stereocenters. The molecule has 0 fully saturated rings. The van der Waals surface area contributed by atoms with Gasteiger partial charge in [-0.15, -0.1) is 12.4 Å². The fourth-order valence-electron chi connectivity index (χ4n) is 0.500. The van der Waals surface area contributed by atoms with Crippen LogP contribution in [-0.4, -0.2) is 23.1 Å². The molecule has 0 bridgehead atoms. The second kappa shape index (κ2) is 15.7. The molecule has 0 heterocycles. The van der Waals surface area contributed by atoms with Crippen molar-refractivity contribution in [2.75, 3.05) is 0 Å². The van der Waals surface area contributed by atoms with Gasteiger partial charge in [-0.2, -0.15) is 0 Å². The molecular weight excluding hydrogens is 132 g/mol. The normalized spacial score (nSPS) is 6.75. The summed E-state index contributed by atoms with van der Waals surface area (Å²) in [6, 6.07) is 0. The van der Waals surface area contributed by atoms with Gasteiger partial charge in [-0.1, -0.05) is 39.5 Å². The van der Waals surface area contributed by atoms with Crippen molar-refractivity contribution in [3.8, 4) is 0 Å². The maximum absolute atomic E-state index is 2.23. The summed E-state index contributed by atoms with van der Waals surface area (Å²) in [5.74, 6) is 0. The average Bonchev–Trinajstić information content (AvgIpc) is 1.61. The molecule has 0 spiro atoms. The van der Waals surface area contributed by atoms with Crippen molar-refractivity contribution in [2.45, 2.75) is 39.5 Å². The Kier molecular flexibility index (Phi) is 31.4. The van der Waals surface area contributed by atoms with Gasteiger partial charge >= 0.3 is 23.1 Å². The van der Waals surface area contributed by atoms with Crippen LogP contribution in [0.25, 0.3) is 0 Å². The maximum atomic E-state index is 2.23. The van der Waals surface area contributed by atoms with Crippen LogP contribution in [0.2, 0.25) is 0 Å². The summed E-state index contributed by atoms with van der Waals surface area (Å²) < 4.78 is 0. The second-order valence-electron chi connectivity index (χ2n) is 1.71. The van der Waals surface area contributed by atoms with E-state index in [1.165, 1.54) is 25.7 Å². The Morgan fingerprint density at radius 3 is 1.38 bits per heavy atom. The molecule has 0 atom stereocenters. The van der Waals surface area contributed by atoms with Gasteiger partial charge in [0.25, 0.3) is 0 Å². The van der Waals surface area contributed by atoms with Crippen LogP contribution < -0.4 is 0 Å². The van der Waals surface area contributed by atoms with Crippen molar-refractivity contribution in [3.05, 3.63) is 0 Å². The van der Waals surface area contributed by atoms with Crippen LogP contribution in [0.5, 0.6) is 0 Å². The third-order valence-electron chi connectivity index (χ3n) is 0.957. The van der Waals surface area contributed by atoms with E-state index in [0.717, 1.165) is 0 Å². The van der Waals surface area contributed by atoms with Crippen molar-refractivity contribution in [1.82, 2.24) is 0 Å². The predicted octanol–water partition coefficient (Wildman–Crippen LogP) is 2.85. The number of rotatable bonds is 3. The molecule has 0 aliphatic rings. The van der Waals surface area contributed by atoms with Gasteiger partial charge in [0.15, 0.2) is 0 Å². The van der Waals surface area contributed by atoms with Crippen LogP contribution in [0.15, 0.2) is 0 Å². The van der Waals surface area contributed by atoms with E-state index in [1.807, 2.05) is 0 Å². The Hall–Kier alpha value is 1.06. The van der Waals surface area contributed by atoms with E-state index >= 15 is 0 Å². The molecule has 0 N–H and O–H groups in total. The largest absolute Gasteiger partial charge is 2.00 e. The Bertz CT molecular complexity index is 27.7. The summed E-state index contributed by atoms with van der Waals surface area (Å²) in [6.07, 6.45) is 5.54. The van der Waals surface area contributed by atoms with Crippen LogP contribution in [0, 0.1) is 0 Å². The maximum Gasteiger partial charge on any atom is 2.00 e. The van der Waals surface area contributed by atoms with E-state index in [0.29, 0.717) is 0 Å². The number of unbranched alkanes of at least 4 members (excludes halogenated alkanes) is 3. The fraction of sp³-hybridized carbons (Fsp3) is 1.00. The Morgan fingerprint density at radius 1 is 1.00 bits per heavy atom. The zero-order valence-corrected chi connectivity index (χ0v) is 8.17. The van der Waals surface area contributed by atoms with E-state index in [-0.39, 0.29) is 38.3 Å². The van der Waals surface area contributed by atoms with Gasteiger partial charge in [-0.3, -0.25) is 0 Å². The molecule has 0 aromatic rings. The first-order valence-electron chi connectivity index (χ1n) is 2.91. The molecule has 50 valence electrons. The van der Waals surface area contributed by atoms with Gasteiger partial charge in [0.2, 0.25) is 0 Å². The molecule has 2 heteroatoms. The Labute approximate surface area is 78.0 Å². The number of hydrogen-bond acceptors (Lipinski definition) is 0. The molecule has 0 radical (unpaired) electrons. The van der Waals surface area contributed by atoms with Gasteiger partial charge in [-0.05, 0) is 0 Å². The minimum atomic E-state index is 0. The van der Waals surface area contributed by atoms with Gasteiger partial charge in [-0.25, -0.2) is 0 Å². The van der Waals surface area contributed by atoms with Crippen LogP contribution >= 0.6 is 12.4 Å². The first-order valence-corrected chi connectivity index (χ1v) is 2.91. The van der Waals surface area contributed by atoms with Crippen molar-refractivity contribution in [3.63, 3.8) is 0 Å². The first-order chi connectivity index (χ1) is 2.91. The molecule has 8 heavy (non-hydrogen) atoms. The molecule has 0 aliphatic heterocycles. The molecule has 0 aromatic heterocycles. The van der Waals surface area contributed by atoms with E-state index in [2.05, 4.69) is 13.8 Å². The predicted molar refractivity (Wildman–Crippen MR) is 45.0 cm³/mol. The Morgan fingerprint density at radius 2 is 1.25 bits per heavy atom. The first kappa shape index (κ1) is 16.0. The average molecular weight is 149 g/mol. The smallest absolute Gasteiger partial charge is 1.00 e. The molecule has 0 aliphatic carbocycles. The van der Waals surface area contributed by atoms with Crippen LogP contribution in [0.3, 0.4) is 0 Å². The van der Waals surface area contributed by atoms with Crippen LogP contribution in [0.1, 0.15) is 42.4 Å². The molecular formula is C6H17ClMg. The van der Waals surface area contributed by atoms with Gasteiger partial charge in [0.1, 0.15) is 0 Å². The molecule has 0 saturated heterocycles. The molecule has 0 nitrogen and oxygen atoms in total. The molecule has 0 saturated carbocycles. The summed E-state index contributed by atoms with van der Waals surface area (Å²) in [5, 5.41) is 0. The minimum absolute atomic E-state index is 0. The van der Waals surface area contributed by atoms with E-state index < -0.39 is 0 Å². The Balaban J connectivity index is -0.0000000208. The van der Waals surface area contributed by atoms with Crippen LogP contribution in [-0.2, 0) is 0 Å². The topological polar surface area (TPSA) is 0 Å². The molecule has 0 rings (SSSR count). The summed E-state index contributed by atoms with van der Waals surface area (Å²) in [4.78, 5) is 0. The van der Waals surface area contributed by atoms with Crippen molar-refractivity contribution in [1.29, 1.82) is 0 Å². The molecule has 0 aromatic carbocycles. The SMILES string of the molecule is CCCCCC.Cl.[H-].[H-].[Mg+2]. The summed E-state index contributed by atoms with van der Waals surface area (Å²) in [5.41, 5.74) is 0. The fourth-order valence-corrected chi connectivity index (χ4v) is 0.500. The van der Waals surface area contributed by atoms with Crippen molar-refractivity contribution >= 4 is 35.5 Å². The summed E-state index contributed by atoms with van der Waals surface area (Å²) in [6.45, 7) is 4.46. The van der Waals surface area contributed by atoms with Gasteiger partial charge < -0.3 is 2.85 Å². The van der Waals surface area contributed by atoms with Gasteiger partial charge in [0, 0.05) is 0 Å². The van der Waals surface area contributed by atoms with Crippen LogP contribution in [0.4, 0.5) is 0 Å². The standard InChI is InChI=1S/C6H14.ClH.Mg.2H/c1-3-5-6-4-2;;;;/h3-6H2,1-2H3;1H;;;/q;;+2;2*-1. The number of halogens is 1. The summed E-state index contributed by atoms with van der Waals surface area (Å²) in [7, 11) is 0. The van der Waals surface area contributed by atoms with Crippen molar-refractivity contribution in [2.24, 2.45) is 0 Å². The number of hydrogen-bond donors (Lipinski definition) is 0. The van der Waals surface area contributed by atoms with E-state index in [9.17, 15) is 0 Å². The molecule has 0 amide bonds. The van der Waals surface area contributed by atoms with Crippen molar-refractivity contribution < 1.29 is 2.85 Å². The monoisotopic (exact) mass is 148 g/mol. The minimum Gasteiger partial charge on any atom is -1.00 e. The zero-order valence-electron chi connectivity index (χ0n) is 7.94. The third kappa shape index (κ3) is 15.7. The van der Waals surface area contributed by atoms with Gasteiger partial charge in [0.05, 0.1) is 0 Å². The third-order valence-corrected chi connectivity index (χ3v) is 0.957. The zero-order chi connectivity index (χ0) is 4.83. The van der Waals surface area contributed by atoms with E-state index in [4.69, 9.17) is 0 Å². The quantitative estimate of drug-likeness (QED) is 0.427.